The highest BCUT2D eigenvalue weighted by molar-refractivity contribution is 5.79. The highest BCUT2D eigenvalue weighted by Crippen LogP contribution is 2.28. The quantitative estimate of drug-likeness (QED) is 0.829. The molecule has 0 radical (unpaired) electrons. The molecule has 2 heterocycles. The lowest BCUT2D eigenvalue weighted by molar-refractivity contribution is 0.266. The van der Waals surface area contributed by atoms with Crippen molar-refractivity contribution in [2.75, 3.05) is 23.8 Å². The Kier molecular flexibility index (Phi) is 2.76. The van der Waals surface area contributed by atoms with Crippen LogP contribution in [-0.4, -0.2) is 34.3 Å². The molecular formula is C13H16N4O. The van der Waals surface area contributed by atoms with Gasteiger partial charge < -0.3 is 15.7 Å². The minimum absolute atomic E-state index is 0.114. The van der Waals surface area contributed by atoms with Gasteiger partial charge in [0, 0.05) is 6.54 Å². The molecule has 1 atom stereocenters. The van der Waals surface area contributed by atoms with Crippen LogP contribution in [0.25, 0.3) is 11.0 Å². The van der Waals surface area contributed by atoms with E-state index in [1.54, 1.807) is 0 Å². The van der Waals surface area contributed by atoms with Crippen LogP contribution in [0.5, 0.6) is 0 Å². The summed E-state index contributed by atoms with van der Waals surface area (Å²) in [4.78, 5) is 11.0. The van der Waals surface area contributed by atoms with Crippen molar-refractivity contribution in [2.24, 2.45) is 0 Å². The number of benzene rings is 1. The highest BCUT2D eigenvalue weighted by Gasteiger charge is 2.27. The zero-order chi connectivity index (χ0) is 12.5. The number of rotatable bonds is 2. The molecule has 0 bridgehead atoms. The van der Waals surface area contributed by atoms with Crippen molar-refractivity contribution in [3.63, 3.8) is 0 Å². The maximum atomic E-state index is 9.37. The van der Waals surface area contributed by atoms with Crippen LogP contribution in [0.4, 0.5) is 11.6 Å². The highest BCUT2D eigenvalue weighted by atomic mass is 16.3. The molecule has 1 aliphatic heterocycles. The smallest absolute Gasteiger partial charge is 0.172 e. The number of aromatic nitrogens is 2. The van der Waals surface area contributed by atoms with Gasteiger partial charge in [0.1, 0.15) is 0 Å². The normalized spacial score (nSPS) is 19.6. The second-order valence-corrected chi connectivity index (χ2v) is 4.59. The van der Waals surface area contributed by atoms with Gasteiger partial charge in [-0.05, 0) is 25.0 Å². The third-order valence-corrected chi connectivity index (χ3v) is 3.44. The maximum absolute atomic E-state index is 9.37. The van der Waals surface area contributed by atoms with Gasteiger partial charge >= 0.3 is 0 Å². The maximum Gasteiger partial charge on any atom is 0.172 e. The minimum Gasteiger partial charge on any atom is -0.394 e. The lowest BCUT2D eigenvalue weighted by atomic mass is 10.2. The molecule has 0 saturated carbocycles. The molecule has 1 aromatic carbocycles. The summed E-state index contributed by atoms with van der Waals surface area (Å²) in [5, 5.41) is 9.37. The van der Waals surface area contributed by atoms with Crippen LogP contribution in [0.15, 0.2) is 24.3 Å². The van der Waals surface area contributed by atoms with Gasteiger partial charge in [0.05, 0.1) is 23.7 Å². The average molecular weight is 244 g/mol. The molecule has 18 heavy (non-hydrogen) atoms. The molecular weight excluding hydrogens is 228 g/mol. The Hall–Kier alpha value is -1.88. The lowest BCUT2D eigenvalue weighted by Gasteiger charge is -2.25. The first-order valence-corrected chi connectivity index (χ1v) is 6.19. The van der Waals surface area contributed by atoms with Crippen LogP contribution in [0.1, 0.15) is 12.8 Å². The van der Waals surface area contributed by atoms with Gasteiger partial charge in [-0.2, -0.15) is 0 Å². The van der Waals surface area contributed by atoms with E-state index in [-0.39, 0.29) is 12.6 Å². The lowest BCUT2D eigenvalue weighted by Crippen LogP contribution is -2.33. The topological polar surface area (TPSA) is 75.3 Å². The van der Waals surface area contributed by atoms with E-state index < -0.39 is 0 Å². The van der Waals surface area contributed by atoms with E-state index in [4.69, 9.17) is 5.73 Å². The molecule has 0 unspecified atom stereocenters. The first kappa shape index (κ1) is 11.2. The molecule has 94 valence electrons. The van der Waals surface area contributed by atoms with Gasteiger partial charge in [0.25, 0.3) is 0 Å². The summed E-state index contributed by atoms with van der Waals surface area (Å²) in [6, 6.07) is 7.79. The Morgan fingerprint density at radius 1 is 1.28 bits per heavy atom. The van der Waals surface area contributed by atoms with Crippen molar-refractivity contribution in [3.05, 3.63) is 24.3 Å². The van der Waals surface area contributed by atoms with Crippen molar-refractivity contribution < 1.29 is 5.11 Å². The molecule has 0 amide bonds. The number of aliphatic hydroxyl groups excluding tert-OH is 1. The fourth-order valence-corrected chi connectivity index (χ4v) is 2.52. The summed E-state index contributed by atoms with van der Waals surface area (Å²) in [5.41, 5.74) is 7.63. The van der Waals surface area contributed by atoms with Crippen molar-refractivity contribution in [1.29, 1.82) is 0 Å². The molecule has 5 nitrogen and oxygen atoms in total. The third-order valence-electron chi connectivity index (χ3n) is 3.44. The van der Waals surface area contributed by atoms with Gasteiger partial charge in [-0.3, -0.25) is 0 Å². The number of hydrogen-bond acceptors (Lipinski definition) is 5. The summed E-state index contributed by atoms with van der Waals surface area (Å²) in [5.74, 6) is 1.14. The molecule has 1 saturated heterocycles. The Labute approximate surface area is 105 Å². The Balaban J connectivity index is 2.08. The van der Waals surface area contributed by atoms with Crippen molar-refractivity contribution in [2.45, 2.75) is 18.9 Å². The predicted molar refractivity (Wildman–Crippen MR) is 71.4 cm³/mol. The van der Waals surface area contributed by atoms with Crippen LogP contribution in [0.2, 0.25) is 0 Å². The standard InChI is InChI=1S/C13H16N4O/c14-12-13(17-7-3-4-9(17)8-18)16-11-6-2-1-5-10(11)15-12/h1-2,5-6,9,18H,3-4,7-8H2,(H2,14,15)/t9-/m0/s1. The zero-order valence-electron chi connectivity index (χ0n) is 10.1. The van der Waals surface area contributed by atoms with Crippen LogP contribution < -0.4 is 10.6 Å². The summed E-state index contributed by atoms with van der Waals surface area (Å²) in [7, 11) is 0. The number of aliphatic hydroxyl groups is 1. The first-order valence-electron chi connectivity index (χ1n) is 6.19. The van der Waals surface area contributed by atoms with Crippen LogP contribution in [0, 0.1) is 0 Å². The number of anilines is 2. The van der Waals surface area contributed by atoms with Gasteiger partial charge in [0.15, 0.2) is 11.6 Å². The second-order valence-electron chi connectivity index (χ2n) is 4.59. The summed E-state index contributed by atoms with van der Waals surface area (Å²) in [6.45, 7) is 1.01. The van der Waals surface area contributed by atoms with E-state index >= 15 is 0 Å². The van der Waals surface area contributed by atoms with E-state index in [1.807, 2.05) is 24.3 Å². The number of nitrogens with two attached hydrogens (primary N) is 1. The molecule has 3 N–H and O–H groups in total. The Bertz CT molecular complexity index is 572. The fourth-order valence-electron chi connectivity index (χ4n) is 2.52. The molecule has 0 spiro atoms. The van der Waals surface area contributed by atoms with Crippen LogP contribution in [0.3, 0.4) is 0 Å². The molecule has 3 rings (SSSR count). The molecule has 5 heteroatoms. The monoisotopic (exact) mass is 244 g/mol. The molecule has 0 aliphatic carbocycles. The second kappa shape index (κ2) is 4.42. The zero-order valence-corrected chi connectivity index (χ0v) is 10.1. The average Bonchev–Trinajstić information content (AvgIpc) is 2.86. The number of fused-ring (bicyclic) bond motifs is 1. The third kappa shape index (κ3) is 1.76. The molecule has 1 aromatic heterocycles. The van der Waals surface area contributed by atoms with Crippen molar-refractivity contribution in [1.82, 2.24) is 9.97 Å². The van der Waals surface area contributed by atoms with Gasteiger partial charge in [-0.15, -0.1) is 0 Å². The summed E-state index contributed by atoms with van der Waals surface area (Å²) in [6.07, 6.45) is 2.03. The van der Waals surface area contributed by atoms with E-state index in [0.29, 0.717) is 11.6 Å². The van der Waals surface area contributed by atoms with E-state index in [1.165, 1.54) is 0 Å². The fraction of sp³-hybridized carbons (Fsp3) is 0.385. The number of para-hydroxylation sites is 2. The largest absolute Gasteiger partial charge is 0.394 e. The van der Waals surface area contributed by atoms with Gasteiger partial charge in [-0.1, -0.05) is 12.1 Å². The van der Waals surface area contributed by atoms with E-state index in [0.717, 1.165) is 30.4 Å². The number of hydrogen-bond donors (Lipinski definition) is 2. The van der Waals surface area contributed by atoms with Crippen LogP contribution >= 0.6 is 0 Å². The molecule has 2 aromatic rings. The SMILES string of the molecule is Nc1nc2ccccc2nc1N1CCC[C@H]1CO. The van der Waals surface area contributed by atoms with Gasteiger partial charge in [-0.25, -0.2) is 9.97 Å². The van der Waals surface area contributed by atoms with E-state index in [2.05, 4.69) is 14.9 Å². The Morgan fingerprint density at radius 3 is 2.72 bits per heavy atom. The van der Waals surface area contributed by atoms with Crippen LogP contribution in [-0.2, 0) is 0 Å². The first-order chi connectivity index (χ1) is 8.79. The predicted octanol–water partition coefficient (Wildman–Crippen LogP) is 1.17. The minimum atomic E-state index is 0.114. The van der Waals surface area contributed by atoms with E-state index in [9.17, 15) is 5.11 Å². The summed E-state index contributed by atoms with van der Waals surface area (Å²) >= 11 is 0. The van der Waals surface area contributed by atoms with Gasteiger partial charge in [0.2, 0.25) is 0 Å². The Morgan fingerprint density at radius 2 is 2.00 bits per heavy atom. The molecule has 1 aliphatic rings. The number of nitrogen functional groups attached to an aromatic ring is 1. The van der Waals surface area contributed by atoms with Crippen molar-refractivity contribution >= 4 is 22.7 Å². The molecule has 1 fully saturated rings. The van der Waals surface area contributed by atoms with Crippen molar-refractivity contribution in [3.8, 4) is 0 Å². The summed E-state index contributed by atoms with van der Waals surface area (Å²) < 4.78 is 0. The number of nitrogens with zero attached hydrogens (tertiary/aromatic N) is 3.